The van der Waals surface area contributed by atoms with Gasteiger partial charge in [0, 0.05) is 13.7 Å². The lowest BCUT2D eigenvalue weighted by Crippen LogP contribution is -2.13. The van der Waals surface area contributed by atoms with E-state index in [9.17, 15) is 0 Å². The zero-order chi connectivity index (χ0) is 11.5. The molecule has 1 fully saturated rings. The molecule has 2 rings (SSSR count). The van der Waals surface area contributed by atoms with Crippen molar-refractivity contribution >= 4 is 15.9 Å². The number of hydrogen-bond donors (Lipinski definition) is 0. The maximum Gasteiger partial charge on any atom is 0.0896 e. The average molecular weight is 287 g/mol. The summed E-state index contributed by atoms with van der Waals surface area (Å²) < 4.78 is 8.68. The second-order valence-corrected chi connectivity index (χ2v) is 5.40. The van der Waals surface area contributed by atoms with Crippen LogP contribution in [0.25, 0.3) is 0 Å². The summed E-state index contributed by atoms with van der Waals surface area (Å²) >= 11 is 3.54. The van der Waals surface area contributed by atoms with Crippen LogP contribution in [-0.2, 0) is 18.4 Å². The highest BCUT2D eigenvalue weighted by molar-refractivity contribution is 9.10. The topological polar surface area (TPSA) is 27.1 Å². The molecular weight excluding hydrogens is 268 g/mol. The molecule has 1 aromatic heterocycles. The standard InChI is InChI=1S/C12H19BrN2O/c1-9-12(13)11(15(2)14-9)8-16-7-6-10-4-3-5-10/h10H,3-8H2,1-2H3. The van der Waals surface area contributed by atoms with Gasteiger partial charge in [0.25, 0.3) is 0 Å². The van der Waals surface area contributed by atoms with Gasteiger partial charge in [0.1, 0.15) is 0 Å². The van der Waals surface area contributed by atoms with Crippen LogP contribution in [0, 0.1) is 12.8 Å². The number of ether oxygens (including phenoxy) is 1. The van der Waals surface area contributed by atoms with Crippen LogP contribution in [0.15, 0.2) is 4.47 Å². The Kier molecular flexibility index (Phi) is 4.03. The number of hydrogen-bond acceptors (Lipinski definition) is 2. The van der Waals surface area contributed by atoms with Crippen molar-refractivity contribution in [3.05, 3.63) is 15.9 Å². The van der Waals surface area contributed by atoms with Gasteiger partial charge in [0.2, 0.25) is 0 Å². The molecule has 1 aliphatic rings. The smallest absolute Gasteiger partial charge is 0.0896 e. The maximum absolute atomic E-state index is 5.71. The van der Waals surface area contributed by atoms with E-state index in [1.807, 2.05) is 18.7 Å². The fourth-order valence-electron chi connectivity index (χ4n) is 2.04. The van der Waals surface area contributed by atoms with Gasteiger partial charge in [-0.15, -0.1) is 0 Å². The third-order valence-corrected chi connectivity index (χ3v) is 4.43. The Morgan fingerprint density at radius 2 is 2.25 bits per heavy atom. The molecule has 16 heavy (non-hydrogen) atoms. The molecule has 1 aliphatic carbocycles. The van der Waals surface area contributed by atoms with Gasteiger partial charge in [-0.05, 0) is 35.2 Å². The molecule has 0 amide bonds. The fraction of sp³-hybridized carbons (Fsp3) is 0.750. The van der Waals surface area contributed by atoms with Crippen molar-refractivity contribution in [2.45, 2.75) is 39.2 Å². The van der Waals surface area contributed by atoms with Crippen molar-refractivity contribution in [2.75, 3.05) is 6.61 Å². The molecule has 0 aliphatic heterocycles. The monoisotopic (exact) mass is 286 g/mol. The molecule has 0 aromatic carbocycles. The van der Waals surface area contributed by atoms with Crippen molar-refractivity contribution in [1.82, 2.24) is 9.78 Å². The number of halogens is 1. The SMILES string of the molecule is Cc1nn(C)c(COCCC2CCC2)c1Br. The predicted octanol–water partition coefficient (Wildman–Crippen LogP) is 3.20. The molecule has 90 valence electrons. The Labute approximate surface area is 105 Å². The van der Waals surface area contributed by atoms with E-state index in [1.165, 1.54) is 25.7 Å². The van der Waals surface area contributed by atoms with Gasteiger partial charge in [0.15, 0.2) is 0 Å². The molecule has 0 N–H and O–H groups in total. The largest absolute Gasteiger partial charge is 0.375 e. The normalized spacial score (nSPS) is 16.4. The number of nitrogens with zero attached hydrogens (tertiary/aromatic N) is 2. The first kappa shape index (κ1) is 12.1. The van der Waals surface area contributed by atoms with Crippen LogP contribution in [-0.4, -0.2) is 16.4 Å². The van der Waals surface area contributed by atoms with Gasteiger partial charge in [0.05, 0.1) is 22.5 Å². The molecule has 1 aromatic rings. The molecule has 3 nitrogen and oxygen atoms in total. The van der Waals surface area contributed by atoms with Crippen molar-refractivity contribution in [2.24, 2.45) is 13.0 Å². The maximum atomic E-state index is 5.71. The summed E-state index contributed by atoms with van der Waals surface area (Å²) in [6.07, 6.45) is 5.43. The third kappa shape index (κ3) is 2.66. The zero-order valence-corrected chi connectivity index (χ0v) is 11.6. The van der Waals surface area contributed by atoms with E-state index >= 15 is 0 Å². The second-order valence-electron chi connectivity index (χ2n) is 4.61. The molecule has 0 bridgehead atoms. The van der Waals surface area contributed by atoms with Crippen molar-refractivity contribution in [1.29, 1.82) is 0 Å². The highest BCUT2D eigenvalue weighted by atomic mass is 79.9. The van der Waals surface area contributed by atoms with Gasteiger partial charge in [-0.25, -0.2) is 0 Å². The van der Waals surface area contributed by atoms with E-state index in [1.54, 1.807) is 0 Å². The summed E-state index contributed by atoms with van der Waals surface area (Å²) in [6, 6.07) is 0. The van der Waals surface area contributed by atoms with Crippen LogP contribution in [0.4, 0.5) is 0 Å². The van der Waals surface area contributed by atoms with Gasteiger partial charge in [-0.1, -0.05) is 19.3 Å². The lowest BCUT2D eigenvalue weighted by molar-refractivity contribution is 0.0906. The molecule has 0 saturated heterocycles. The van der Waals surface area contributed by atoms with Crippen molar-refractivity contribution < 1.29 is 4.74 Å². The van der Waals surface area contributed by atoms with Crippen LogP contribution >= 0.6 is 15.9 Å². The van der Waals surface area contributed by atoms with Gasteiger partial charge in [-0.3, -0.25) is 4.68 Å². The first-order valence-corrected chi connectivity index (χ1v) is 6.73. The van der Waals surface area contributed by atoms with Crippen molar-refractivity contribution in [3.8, 4) is 0 Å². The number of aromatic nitrogens is 2. The summed E-state index contributed by atoms with van der Waals surface area (Å²) in [6.45, 7) is 3.54. The van der Waals surface area contributed by atoms with E-state index < -0.39 is 0 Å². The van der Waals surface area contributed by atoms with E-state index in [0.717, 1.165) is 28.4 Å². The van der Waals surface area contributed by atoms with Crippen LogP contribution in [0.5, 0.6) is 0 Å². The lowest BCUT2D eigenvalue weighted by atomic mass is 9.83. The zero-order valence-electron chi connectivity index (χ0n) is 10.0. The summed E-state index contributed by atoms with van der Waals surface area (Å²) in [5.74, 6) is 0.928. The summed E-state index contributed by atoms with van der Waals surface area (Å²) in [4.78, 5) is 0. The Morgan fingerprint density at radius 1 is 1.50 bits per heavy atom. The van der Waals surface area contributed by atoms with Crippen molar-refractivity contribution in [3.63, 3.8) is 0 Å². The molecule has 0 spiro atoms. The Bertz CT molecular complexity index is 358. The van der Waals surface area contributed by atoms with Gasteiger partial charge in [-0.2, -0.15) is 5.10 Å². The molecule has 0 radical (unpaired) electrons. The van der Waals surface area contributed by atoms with Gasteiger partial charge >= 0.3 is 0 Å². The van der Waals surface area contributed by atoms with Crippen LogP contribution < -0.4 is 0 Å². The fourth-order valence-corrected chi connectivity index (χ4v) is 2.49. The Balaban J connectivity index is 1.75. The van der Waals surface area contributed by atoms with Crippen LogP contribution in [0.1, 0.15) is 37.1 Å². The first-order chi connectivity index (χ1) is 7.68. The number of rotatable bonds is 5. The van der Waals surface area contributed by atoms with Gasteiger partial charge < -0.3 is 4.74 Å². The van der Waals surface area contributed by atoms with E-state index in [0.29, 0.717) is 6.61 Å². The summed E-state index contributed by atoms with van der Waals surface area (Å²) in [5.41, 5.74) is 2.16. The molecule has 0 atom stereocenters. The Morgan fingerprint density at radius 3 is 2.75 bits per heavy atom. The average Bonchev–Trinajstić information content (AvgIpc) is 2.41. The Hall–Kier alpha value is -0.350. The quantitative estimate of drug-likeness (QED) is 0.778. The lowest BCUT2D eigenvalue weighted by Gasteiger charge is -2.24. The third-order valence-electron chi connectivity index (χ3n) is 3.40. The minimum Gasteiger partial charge on any atom is -0.375 e. The summed E-state index contributed by atoms with van der Waals surface area (Å²) in [7, 11) is 1.96. The second kappa shape index (κ2) is 5.32. The minimum absolute atomic E-state index is 0.657. The minimum atomic E-state index is 0.657. The molecule has 1 saturated carbocycles. The van der Waals surface area contributed by atoms with Crippen LogP contribution in [0.2, 0.25) is 0 Å². The molecule has 0 unspecified atom stereocenters. The van der Waals surface area contributed by atoms with E-state index in [4.69, 9.17) is 4.74 Å². The predicted molar refractivity (Wildman–Crippen MR) is 67.3 cm³/mol. The highest BCUT2D eigenvalue weighted by Crippen LogP contribution is 2.29. The van der Waals surface area contributed by atoms with E-state index in [-0.39, 0.29) is 0 Å². The first-order valence-electron chi connectivity index (χ1n) is 5.94. The van der Waals surface area contributed by atoms with Crippen LogP contribution in [0.3, 0.4) is 0 Å². The molecule has 4 heteroatoms. The number of aryl methyl sites for hydroxylation is 2. The molecular formula is C12H19BrN2O. The van der Waals surface area contributed by atoms with E-state index in [2.05, 4.69) is 21.0 Å². The summed E-state index contributed by atoms with van der Waals surface area (Å²) in [5, 5.41) is 4.34. The highest BCUT2D eigenvalue weighted by Gasteiger charge is 2.17. The molecule has 1 heterocycles.